The highest BCUT2D eigenvalue weighted by Gasteiger charge is 2.39. The van der Waals surface area contributed by atoms with E-state index in [-0.39, 0.29) is 11.8 Å². The number of aryl methyl sites for hydroxylation is 1. The third kappa shape index (κ3) is 3.33. The molecule has 2 aromatic rings. The van der Waals surface area contributed by atoms with Crippen molar-refractivity contribution < 1.29 is 14.3 Å². The Balaban J connectivity index is 1.54. The number of rotatable bonds is 4. The number of carbonyl (C=O) groups is 2. The Bertz CT molecular complexity index is 935. The minimum absolute atomic E-state index is 0.112. The summed E-state index contributed by atoms with van der Waals surface area (Å²) < 4.78 is 6.02. The maximum absolute atomic E-state index is 12.9. The number of nitrogens with zero attached hydrogens (tertiary/aromatic N) is 1. The second-order valence-electron chi connectivity index (χ2n) is 7.14. The summed E-state index contributed by atoms with van der Waals surface area (Å²) in [4.78, 5) is 26.8. The number of benzene rings is 2. The number of hydrogen-bond acceptors (Lipinski definition) is 3. The van der Waals surface area contributed by atoms with E-state index in [1.807, 2.05) is 37.3 Å². The number of allylic oxidation sites excluding steroid dienone is 1. The molecule has 2 aliphatic rings. The molecular weight excluding hydrogens is 340 g/mol. The van der Waals surface area contributed by atoms with E-state index in [0.29, 0.717) is 43.0 Å². The van der Waals surface area contributed by atoms with Gasteiger partial charge < -0.3 is 15.0 Å². The fraction of sp³-hybridized carbons (Fsp3) is 0.273. The largest absolute Gasteiger partial charge is 0.489 e. The van der Waals surface area contributed by atoms with Gasteiger partial charge in [-0.05, 0) is 37.5 Å². The lowest BCUT2D eigenvalue weighted by Gasteiger charge is -2.31. The number of amides is 2. The Morgan fingerprint density at radius 3 is 2.81 bits per heavy atom. The first-order valence-corrected chi connectivity index (χ1v) is 9.13. The normalized spacial score (nSPS) is 19.1. The average Bonchev–Trinajstić information content (AvgIpc) is 2.97. The van der Waals surface area contributed by atoms with E-state index in [1.54, 1.807) is 11.0 Å². The third-order valence-electron chi connectivity index (χ3n) is 5.13. The average molecular weight is 362 g/mol. The van der Waals surface area contributed by atoms with Crippen molar-refractivity contribution in [2.24, 2.45) is 0 Å². The molecular formula is C22H22N2O3. The van der Waals surface area contributed by atoms with Crippen LogP contribution in [0.2, 0.25) is 0 Å². The molecule has 0 saturated carbocycles. The number of carbonyl (C=O) groups excluding carboxylic acids is 2. The summed E-state index contributed by atoms with van der Waals surface area (Å²) in [7, 11) is 0. The van der Waals surface area contributed by atoms with Crippen LogP contribution >= 0.6 is 0 Å². The zero-order valence-corrected chi connectivity index (χ0v) is 15.3. The van der Waals surface area contributed by atoms with E-state index in [0.717, 1.165) is 11.1 Å². The lowest BCUT2D eigenvalue weighted by Crippen LogP contribution is -2.49. The quantitative estimate of drug-likeness (QED) is 0.908. The SMILES string of the molecule is C=C1CCC(N2Cc3c(OCc4cccc(C)c4)cccc3C2=O)C(=O)N1. The van der Waals surface area contributed by atoms with Crippen LogP contribution in [-0.4, -0.2) is 22.8 Å². The van der Waals surface area contributed by atoms with Gasteiger partial charge in [0.25, 0.3) is 5.91 Å². The van der Waals surface area contributed by atoms with Crippen molar-refractivity contribution in [2.45, 2.75) is 39.0 Å². The van der Waals surface area contributed by atoms with Crippen molar-refractivity contribution in [1.29, 1.82) is 0 Å². The zero-order chi connectivity index (χ0) is 19.0. The number of nitrogens with one attached hydrogen (secondary N) is 1. The van der Waals surface area contributed by atoms with Gasteiger partial charge in [0.2, 0.25) is 5.91 Å². The second kappa shape index (κ2) is 6.91. The van der Waals surface area contributed by atoms with Gasteiger partial charge in [-0.25, -0.2) is 0 Å². The predicted molar refractivity (Wildman–Crippen MR) is 102 cm³/mol. The lowest BCUT2D eigenvalue weighted by atomic mass is 10.0. The zero-order valence-electron chi connectivity index (χ0n) is 15.3. The molecule has 5 heteroatoms. The van der Waals surface area contributed by atoms with E-state index < -0.39 is 6.04 Å². The highest BCUT2D eigenvalue weighted by molar-refractivity contribution is 6.02. The fourth-order valence-corrected chi connectivity index (χ4v) is 3.74. The Hall–Kier alpha value is -3.08. The standard InChI is InChI=1S/C22H22N2O3/c1-14-5-3-6-16(11-14)13-27-20-8-4-7-17-18(20)12-24(22(17)26)19-10-9-15(2)23-21(19)25/h3-8,11,19H,2,9-10,12-13H2,1H3,(H,23,25). The molecule has 1 fully saturated rings. The molecule has 0 spiro atoms. The van der Waals surface area contributed by atoms with Crippen molar-refractivity contribution in [3.63, 3.8) is 0 Å². The number of fused-ring (bicyclic) bond motifs is 1. The van der Waals surface area contributed by atoms with Crippen molar-refractivity contribution in [2.75, 3.05) is 0 Å². The van der Waals surface area contributed by atoms with Crippen LogP contribution in [0.3, 0.4) is 0 Å². The lowest BCUT2D eigenvalue weighted by molar-refractivity contribution is -0.126. The number of piperidine rings is 1. The van der Waals surface area contributed by atoms with Crippen LogP contribution in [0.5, 0.6) is 5.75 Å². The summed E-state index contributed by atoms with van der Waals surface area (Å²) in [5.41, 5.74) is 4.45. The summed E-state index contributed by atoms with van der Waals surface area (Å²) >= 11 is 0. The molecule has 0 aromatic heterocycles. The monoisotopic (exact) mass is 362 g/mol. The Labute approximate surface area is 158 Å². The van der Waals surface area contributed by atoms with Crippen LogP contribution in [-0.2, 0) is 17.9 Å². The van der Waals surface area contributed by atoms with Gasteiger partial charge in [-0.2, -0.15) is 0 Å². The summed E-state index contributed by atoms with van der Waals surface area (Å²) in [6.07, 6.45) is 1.29. The molecule has 1 N–H and O–H groups in total. The minimum Gasteiger partial charge on any atom is -0.489 e. The van der Waals surface area contributed by atoms with Gasteiger partial charge in [-0.1, -0.05) is 42.5 Å². The molecule has 2 heterocycles. The number of ether oxygens (including phenoxy) is 1. The van der Waals surface area contributed by atoms with Crippen molar-refractivity contribution in [3.8, 4) is 5.75 Å². The van der Waals surface area contributed by atoms with Crippen LogP contribution in [0.4, 0.5) is 0 Å². The van der Waals surface area contributed by atoms with E-state index in [9.17, 15) is 9.59 Å². The first-order valence-electron chi connectivity index (χ1n) is 9.13. The van der Waals surface area contributed by atoms with Crippen LogP contribution in [0.25, 0.3) is 0 Å². The maximum Gasteiger partial charge on any atom is 0.255 e. The van der Waals surface area contributed by atoms with Crippen molar-refractivity contribution >= 4 is 11.8 Å². The number of hydrogen-bond donors (Lipinski definition) is 1. The van der Waals surface area contributed by atoms with Crippen LogP contribution < -0.4 is 10.1 Å². The highest BCUT2D eigenvalue weighted by Crippen LogP contribution is 2.34. The van der Waals surface area contributed by atoms with Crippen LogP contribution in [0.15, 0.2) is 54.7 Å². The van der Waals surface area contributed by atoms with E-state index in [1.165, 1.54) is 5.56 Å². The maximum atomic E-state index is 12.9. The van der Waals surface area contributed by atoms with Crippen LogP contribution in [0.1, 0.15) is 39.9 Å². The molecule has 4 rings (SSSR count). The molecule has 1 atom stereocenters. The summed E-state index contributed by atoms with van der Waals surface area (Å²) in [6, 6.07) is 13.2. The third-order valence-corrected chi connectivity index (χ3v) is 5.13. The van der Waals surface area contributed by atoms with Gasteiger partial charge in [-0.15, -0.1) is 0 Å². The highest BCUT2D eigenvalue weighted by atomic mass is 16.5. The van der Waals surface area contributed by atoms with Gasteiger partial charge in [0, 0.05) is 16.8 Å². The molecule has 138 valence electrons. The molecule has 1 unspecified atom stereocenters. The Morgan fingerprint density at radius 1 is 1.22 bits per heavy atom. The molecule has 1 saturated heterocycles. The molecule has 2 amide bonds. The second-order valence-corrected chi connectivity index (χ2v) is 7.14. The van der Waals surface area contributed by atoms with Gasteiger partial charge in [0.15, 0.2) is 0 Å². The molecule has 0 bridgehead atoms. The summed E-state index contributed by atoms with van der Waals surface area (Å²) in [5, 5.41) is 2.76. The van der Waals surface area contributed by atoms with Crippen molar-refractivity contribution in [3.05, 3.63) is 77.0 Å². The summed E-state index contributed by atoms with van der Waals surface area (Å²) in [5.74, 6) is 0.429. The predicted octanol–water partition coefficient (Wildman–Crippen LogP) is 3.32. The molecule has 27 heavy (non-hydrogen) atoms. The van der Waals surface area contributed by atoms with Gasteiger partial charge in [0.05, 0.1) is 6.54 Å². The topological polar surface area (TPSA) is 58.6 Å². The molecule has 0 radical (unpaired) electrons. The molecule has 2 aliphatic heterocycles. The van der Waals surface area contributed by atoms with Gasteiger partial charge in [0.1, 0.15) is 18.4 Å². The Morgan fingerprint density at radius 2 is 2.04 bits per heavy atom. The van der Waals surface area contributed by atoms with Gasteiger partial charge >= 0.3 is 0 Å². The van der Waals surface area contributed by atoms with Crippen molar-refractivity contribution in [1.82, 2.24) is 10.2 Å². The van der Waals surface area contributed by atoms with Gasteiger partial charge in [-0.3, -0.25) is 9.59 Å². The fourth-order valence-electron chi connectivity index (χ4n) is 3.74. The summed E-state index contributed by atoms with van der Waals surface area (Å²) in [6.45, 7) is 6.68. The van der Waals surface area contributed by atoms with E-state index >= 15 is 0 Å². The van der Waals surface area contributed by atoms with E-state index in [4.69, 9.17) is 4.74 Å². The molecule has 0 aliphatic carbocycles. The first-order chi connectivity index (χ1) is 13.0. The first kappa shape index (κ1) is 17.3. The minimum atomic E-state index is -0.458. The molecule has 5 nitrogen and oxygen atoms in total. The Kier molecular flexibility index (Phi) is 4.44. The molecule has 2 aromatic carbocycles. The smallest absolute Gasteiger partial charge is 0.255 e. The van der Waals surface area contributed by atoms with E-state index in [2.05, 4.69) is 18.0 Å². The van der Waals surface area contributed by atoms with Crippen LogP contribution in [0, 0.1) is 6.92 Å².